The first-order valence-corrected chi connectivity index (χ1v) is 6.90. The van der Waals surface area contributed by atoms with Crippen molar-refractivity contribution in [3.63, 3.8) is 0 Å². The molecular weight excluding hydrogens is 230 g/mol. The molecule has 2 aliphatic rings. The maximum atomic E-state index is 11.7. The van der Waals surface area contributed by atoms with Crippen LogP contribution >= 0.6 is 0 Å². The van der Waals surface area contributed by atoms with Crippen molar-refractivity contribution in [3.8, 4) is 0 Å². The molecule has 2 saturated heterocycles. The Morgan fingerprint density at radius 2 is 2.22 bits per heavy atom. The normalized spacial score (nSPS) is 34.6. The van der Waals surface area contributed by atoms with Gasteiger partial charge in [-0.05, 0) is 13.8 Å². The Morgan fingerprint density at radius 3 is 2.89 bits per heavy atom. The molecule has 3 atom stereocenters. The number of rotatable bonds is 2. The summed E-state index contributed by atoms with van der Waals surface area (Å²) in [5, 5.41) is 3.47. The van der Waals surface area contributed by atoms with E-state index < -0.39 is 0 Å². The second kappa shape index (κ2) is 5.99. The van der Waals surface area contributed by atoms with Gasteiger partial charge in [-0.2, -0.15) is 0 Å². The highest BCUT2D eigenvalue weighted by Crippen LogP contribution is 2.13. The van der Waals surface area contributed by atoms with Gasteiger partial charge in [0, 0.05) is 45.2 Å². The van der Waals surface area contributed by atoms with Gasteiger partial charge in [0.05, 0.1) is 19.3 Å². The van der Waals surface area contributed by atoms with E-state index in [9.17, 15) is 4.79 Å². The van der Waals surface area contributed by atoms with Crippen LogP contribution in [0.5, 0.6) is 0 Å². The van der Waals surface area contributed by atoms with Crippen LogP contribution < -0.4 is 5.32 Å². The number of nitrogens with zero attached hydrogens (tertiary/aromatic N) is 2. The average Bonchev–Trinajstić information content (AvgIpc) is 2.34. The maximum Gasteiger partial charge on any atom is 0.219 e. The van der Waals surface area contributed by atoms with Gasteiger partial charge in [-0.25, -0.2) is 0 Å². The molecule has 2 heterocycles. The Kier molecular flexibility index (Phi) is 4.59. The van der Waals surface area contributed by atoms with E-state index in [1.165, 1.54) is 0 Å². The number of ether oxygens (including phenoxy) is 1. The van der Waals surface area contributed by atoms with Crippen LogP contribution in [0.4, 0.5) is 0 Å². The van der Waals surface area contributed by atoms with Crippen LogP contribution in [0.25, 0.3) is 0 Å². The molecule has 104 valence electrons. The molecule has 2 fully saturated rings. The zero-order chi connectivity index (χ0) is 13.1. The Hall–Kier alpha value is -0.650. The smallest absolute Gasteiger partial charge is 0.219 e. The Labute approximate surface area is 109 Å². The number of morpholine rings is 1. The summed E-state index contributed by atoms with van der Waals surface area (Å²) in [6.45, 7) is 11.2. The van der Waals surface area contributed by atoms with Gasteiger partial charge in [0.1, 0.15) is 0 Å². The molecule has 0 unspecified atom stereocenters. The summed E-state index contributed by atoms with van der Waals surface area (Å²) in [7, 11) is 0. The summed E-state index contributed by atoms with van der Waals surface area (Å²) >= 11 is 0. The second-order valence-electron chi connectivity index (χ2n) is 5.55. The summed E-state index contributed by atoms with van der Waals surface area (Å²) in [5.41, 5.74) is 0. The molecule has 2 aliphatic heterocycles. The number of piperazine rings is 1. The third-order valence-corrected chi connectivity index (χ3v) is 3.97. The highest BCUT2D eigenvalue weighted by atomic mass is 16.5. The van der Waals surface area contributed by atoms with E-state index >= 15 is 0 Å². The zero-order valence-corrected chi connectivity index (χ0v) is 11.7. The highest BCUT2D eigenvalue weighted by molar-refractivity contribution is 5.73. The van der Waals surface area contributed by atoms with E-state index in [4.69, 9.17) is 4.74 Å². The molecule has 5 nitrogen and oxygen atoms in total. The van der Waals surface area contributed by atoms with E-state index in [1.54, 1.807) is 6.92 Å². The Balaban J connectivity index is 1.95. The van der Waals surface area contributed by atoms with Gasteiger partial charge in [-0.15, -0.1) is 0 Å². The molecule has 0 saturated carbocycles. The van der Waals surface area contributed by atoms with Crippen molar-refractivity contribution < 1.29 is 9.53 Å². The van der Waals surface area contributed by atoms with Crippen molar-refractivity contribution >= 4 is 5.91 Å². The molecule has 0 aromatic heterocycles. The molecule has 5 heteroatoms. The molecule has 0 spiro atoms. The minimum atomic E-state index is 0.189. The fourth-order valence-electron chi connectivity index (χ4n) is 2.81. The van der Waals surface area contributed by atoms with Crippen LogP contribution in [0.1, 0.15) is 20.8 Å². The summed E-state index contributed by atoms with van der Waals surface area (Å²) in [6, 6.07) is 1.14. The van der Waals surface area contributed by atoms with Crippen LogP contribution in [0, 0.1) is 0 Å². The van der Waals surface area contributed by atoms with Gasteiger partial charge >= 0.3 is 0 Å². The molecule has 0 aromatic rings. The van der Waals surface area contributed by atoms with Crippen molar-refractivity contribution in [2.24, 2.45) is 0 Å². The minimum Gasteiger partial charge on any atom is -0.379 e. The van der Waals surface area contributed by atoms with E-state index in [0.717, 1.165) is 39.4 Å². The van der Waals surface area contributed by atoms with Gasteiger partial charge in [-0.3, -0.25) is 9.69 Å². The van der Waals surface area contributed by atoms with Gasteiger partial charge in [0.25, 0.3) is 0 Å². The van der Waals surface area contributed by atoms with E-state index in [-0.39, 0.29) is 5.91 Å². The van der Waals surface area contributed by atoms with Crippen molar-refractivity contribution in [1.29, 1.82) is 0 Å². The molecule has 0 bridgehead atoms. The molecule has 1 N–H and O–H groups in total. The Bertz CT molecular complexity index is 298. The number of amides is 1. The van der Waals surface area contributed by atoms with Crippen molar-refractivity contribution in [2.75, 3.05) is 39.4 Å². The van der Waals surface area contributed by atoms with Crippen molar-refractivity contribution in [3.05, 3.63) is 0 Å². The quantitative estimate of drug-likeness (QED) is 0.749. The topological polar surface area (TPSA) is 44.8 Å². The fraction of sp³-hybridized carbons (Fsp3) is 0.923. The van der Waals surface area contributed by atoms with Gasteiger partial charge in [-0.1, -0.05) is 0 Å². The van der Waals surface area contributed by atoms with Crippen LogP contribution in [-0.4, -0.2) is 73.2 Å². The fourth-order valence-corrected chi connectivity index (χ4v) is 2.81. The summed E-state index contributed by atoms with van der Waals surface area (Å²) in [6.07, 6.45) is 0. The summed E-state index contributed by atoms with van der Waals surface area (Å²) < 4.78 is 5.45. The number of carbonyl (C=O) groups excluding carboxylic acids is 1. The lowest BCUT2D eigenvalue weighted by Crippen LogP contribution is -2.61. The van der Waals surface area contributed by atoms with Gasteiger partial charge in [0.2, 0.25) is 5.91 Å². The van der Waals surface area contributed by atoms with Gasteiger partial charge < -0.3 is 15.0 Å². The van der Waals surface area contributed by atoms with E-state index in [2.05, 4.69) is 24.1 Å². The summed E-state index contributed by atoms with van der Waals surface area (Å²) in [5.74, 6) is 0.189. The Morgan fingerprint density at radius 1 is 1.44 bits per heavy atom. The van der Waals surface area contributed by atoms with Crippen molar-refractivity contribution in [2.45, 2.75) is 38.9 Å². The monoisotopic (exact) mass is 255 g/mol. The standard InChI is InChI=1S/C13H25N3O2/c1-10-7-16(12(3)17)13(6-14-10)8-15-4-5-18-9-11(15)2/h10-11,13-14H,4-9H2,1-3H3/t10-,11-,13-/m1/s1. The largest absolute Gasteiger partial charge is 0.379 e. The highest BCUT2D eigenvalue weighted by Gasteiger charge is 2.31. The number of hydrogen-bond donors (Lipinski definition) is 1. The molecule has 0 radical (unpaired) electrons. The first kappa shape index (κ1) is 13.8. The molecule has 18 heavy (non-hydrogen) atoms. The third kappa shape index (κ3) is 3.22. The van der Waals surface area contributed by atoms with Crippen molar-refractivity contribution in [1.82, 2.24) is 15.1 Å². The van der Waals surface area contributed by atoms with Crippen LogP contribution in [0.3, 0.4) is 0 Å². The number of hydrogen-bond acceptors (Lipinski definition) is 4. The van der Waals surface area contributed by atoms with Crippen LogP contribution in [0.15, 0.2) is 0 Å². The second-order valence-corrected chi connectivity index (χ2v) is 5.55. The maximum absolute atomic E-state index is 11.7. The van der Waals surface area contributed by atoms with E-state index in [0.29, 0.717) is 18.1 Å². The molecule has 2 rings (SSSR count). The molecule has 0 aromatic carbocycles. The third-order valence-electron chi connectivity index (χ3n) is 3.97. The van der Waals surface area contributed by atoms with Crippen LogP contribution in [-0.2, 0) is 9.53 Å². The molecule has 0 aliphatic carbocycles. The summed E-state index contributed by atoms with van der Waals surface area (Å²) in [4.78, 5) is 16.2. The first-order valence-electron chi connectivity index (χ1n) is 6.90. The first-order chi connectivity index (χ1) is 8.58. The predicted octanol–water partition coefficient (Wildman–Crippen LogP) is -0.0841. The lowest BCUT2D eigenvalue weighted by molar-refractivity contribution is -0.133. The SMILES string of the molecule is CC(=O)N1C[C@@H](C)NC[C@@H]1CN1CCOC[C@H]1C. The predicted molar refractivity (Wildman–Crippen MR) is 70.5 cm³/mol. The number of carbonyl (C=O) groups is 1. The van der Waals surface area contributed by atoms with Crippen LogP contribution in [0.2, 0.25) is 0 Å². The average molecular weight is 255 g/mol. The number of nitrogens with one attached hydrogen (secondary N) is 1. The van der Waals surface area contributed by atoms with E-state index in [1.807, 2.05) is 4.90 Å². The molecular formula is C13H25N3O2. The minimum absolute atomic E-state index is 0.189. The lowest BCUT2D eigenvalue weighted by atomic mass is 10.1. The van der Waals surface area contributed by atoms with Gasteiger partial charge in [0.15, 0.2) is 0 Å². The molecule has 1 amide bonds. The lowest BCUT2D eigenvalue weighted by Gasteiger charge is -2.43. The zero-order valence-electron chi connectivity index (χ0n) is 11.7.